The summed E-state index contributed by atoms with van der Waals surface area (Å²) in [5.74, 6) is 0.328. The van der Waals surface area contributed by atoms with Crippen LogP contribution in [0.1, 0.15) is 40.2 Å². The van der Waals surface area contributed by atoms with Crippen LogP contribution in [0.2, 0.25) is 0 Å². The first-order valence-electron chi connectivity index (χ1n) is 12.2. The number of pyridine rings is 1. The smallest absolute Gasteiger partial charge is 0.257 e. The number of nitrogens with zero attached hydrogens (tertiary/aromatic N) is 1. The maximum atomic E-state index is 12.6. The number of hydrogen-bond acceptors (Lipinski definition) is 6. The molecule has 186 valence electrons. The maximum Gasteiger partial charge on any atom is 0.257 e. The van der Waals surface area contributed by atoms with Crippen molar-refractivity contribution in [3.8, 4) is 5.75 Å². The van der Waals surface area contributed by atoms with E-state index in [1.165, 1.54) is 11.8 Å². The molecule has 0 bridgehead atoms. The van der Waals surface area contributed by atoms with Gasteiger partial charge in [0.1, 0.15) is 18.0 Å². The number of aliphatic hydroxyl groups is 1. The van der Waals surface area contributed by atoms with Crippen molar-refractivity contribution >= 4 is 17.5 Å². The predicted octanol–water partition coefficient (Wildman–Crippen LogP) is 3.08. The standard InChI is InChI=1S/C28H29N3O5/c32-17-25-27-23(14-21(35-25)15-26(33)30-12-10-18-5-2-1-3-6-18)22-13-20(8-9-24(22)36-27)31-28(34)19-7-4-11-29-16-19/h1-9,11,13,16,21,23,25,27,32H,10,12,14-15,17H2,(H,30,33)(H,31,34)/t21-,23-,25-,27+/m1/s1. The normalized spacial score (nSPS) is 22.1. The number of amides is 2. The van der Waals surface area contributed by atoms with Gasteiger partial charge in [-0.1, -0.05) is 30.3 Å². The Morgan fingerprint density at radius 3 is 2.72 bits per heavy atom. The predicted molar refractivity (Wildman–Crippen MR) is 134 cm³/mol. The van der Waals surface area contributed by atoms with Gasteiger partial charge in [0.2, 0.25) is 5.91 Å². The SMILES string of the molecule is O=C(C[C@H]1C[C@@H]2c3cc(NC(=O)c4cccnc4)ccc3O[C@@H]2[C@@H](CO)O1)NCCc1ccccc1. The highest BCUT2D eigenvalue weighted by Gasteiger charge is 2.46. The molecule has 2 aliphatic heterocycles. The van der Waals surface area contributed by atoms with Gasteiger partial charge in [-0.2, -0.15) is 0 Å². The fourth-order valence-electron chi connectivity index (χ4n) is 4.94. The summed E-state index contributed by atoms with van der Waals surface area (Å²) in [5.41, 5.74) is 3.23. The quantitative estimate of drug-likeness (QED) is 0.451. The van der Waals surface area contributed by atoms with Crippen molar-refractivity contribution in [2.75, 3.05) is 18.5 Å². The van der Waals surface area contributed by atoms with E-state index in [1.807, 2.05) is 42.5 Å². The molecular formula is C28H29N3O5. The summed E-state index contributed by atoms with van der Waals surface area (Å²) in [6.45, 7) is 0.350. The Morgan fingerprint density at radius 2 is 1.94 bits per heavy atom. The summed E-state index contributed by atoms with van der Waals surface area (Å²) in [5, 5.41) is 15.8. The third kappa shape index (κ3) is 5.40. The first-order chi connectivity index (χ1) is 17.6. The number of benzene rings is 2. The number of carbonyl (C=O) groups is 2. The molecule has 2 aromatic carbocycles. The maximum absolute atomic E-state index is 12.6. The van der Waals surface area contributed by atoms with Gasteiger partial charge in [0.25, 0.3) is 5.91 Å². The minimum absolute atomic E-state index is 0.0525. The summed E-state index contributed by atoms with van der Waals surface area (Å²) < 4.78 is 12.2. The van der Waals surface area contributed by atoms with E-state index < -0.39 is 6.10 Å². The van der Waals surface area contributed by atoms with Gasteiger partial charge in [-0.15, -0.1) is 0 Å². The van der Waals surface area contributed by atoms with Gasteiger partial charge in [-0.3, -0.25) is 14.6 Å². The highest BCUT2D eigenvalue weighted by atomic mass is 16.6. The van der Waals surface area contributed by atoms with Gasteiger partial charge >= 0.3 is 0 Å². The first kappa shape index (κ1) is 24.0. The molecule has 8 heteroatoms. The third-order valence-electron chi connectivity index (χ3n) is 6.67. The second-order valence-corrected chi connectivity index (χ2v) is 9.14. The molecule has 1 aromatic heterocycles. The summed E-state index contributed by atoms with van der Waals surface area (Å²) in [6, 6.07) is 18.9. The number of carbonyl (C=O) groups excluding carboxylic acids is 2. The van der Waals surface area contributed by atoms with E-state index in [0.717, 1.165) is 12.0 Å². The third-order valence-corrected chi connectivity index (χ3v) is 6.67. The van der Waals surface area contributed by atoms with Crippen LogP contribution in [0.5, 0.6) is 5.75 Å². The highest BCUT2D eigenvalue weighted by Crippen LogP contribution is 2.47. The first-order valence-corrected chi connectivity index (χ1v) is 12.2. The van der Waals surface area contributed by atoms with Crippen LogP contribution in [-0.4, -0.2) is 53.4 Å². The van der Waals surface area contributed by atoms with Crippen molar-refractivity contribution in [3.63, 3.8) is 0 Å². The minimum Gasteiger partial charge on any atom is -0.487 e. The number of anilines is 1. The molecule has 0 saturated carbocycles. The summed E-state index contributed by atoms with van der Waals surface area (Å²) >= 11 is 0. The average Bonchev–Trinajstić information content (AvgIpc) is 3.27. The number of hydrogen-bond donors (Lipinski definition) is 3. The van der Waals surface area contributed by atoms with Crippen LogP contribution in [0.4, 0.5) is 5.69 Å². The molecular weight excluding hydrogens is 458 g/mol. The van der Waals surface area contributed by atoms with Crippen molar-refractivity contribution in [2.45, 2.75) is 43.5 Å². The number of aromatic nitrogens is 1. The zero-order valence-corrected chi connectivity index (χ0v) is 19.8. The van der Waals surface area contributed by atoms with Gasteiger partial charge in [-0.05, 0) is 48.7 Å². The minimum atomic E-state index is -0.535. The molecule has 2 aliphatic rings. The van der Waals surface area contributed by atoms with E-state index in [0.29, 0.717) is 30.0 Å². The van der Waals surface area contributed by atoms with E-state index in [9.17, 15) is 14.7 Å². The lowest BCUT2D eigenvalue weighted by molar-refractivity contribution is -0.142. The van der Waals surface area contributed by atoms with Crippen LogP contribution in [0, 0.1) is 0 Å². The van der Waals surface area contributed by atoms with Crippen molar-refractivity contribution in [1.29, 1.82) is 0 Å². The Kier molecular flexibility index (Phi) is 7.25. The molecule has 1 saturated heterocycles. The average molecular weight is 488 g/mol. The van der Waals surface area contributed by atoms with E-state index >= 15 is 0 Å². The lowest BCUT2D eigenvalue weighted by Crippen LogP contribution is -2.47. The van der Waals surface area contributed by atoms with Crippen molar-refractivity contribution in [1.82, 2.24) is 10.3 Å². The Bertz CT molecular complexity index is 1200. The van der Waals surface area contributed by atoms with Crippen LogP contribution in [0.15, 0.2) is 73.1 Å². The Hall–Kier alpha value is -3.75. The zero-order valence-electron chi connectivity index (χ0n) is 19.8. The molecule has 0 radical (unpaired) electrons. The molecule has 2 amide bonds. The van der Waals surface area contributed by atoms with Gasteiger partial charge < -0.3 is 25.2 Å². The Morgan fingerprint density at radius 1 is 1.08 bits per heavy atom. The molecule has 0 aliphatic carbocycles. The molecule has 5 rings (SSSR count). The molecule has 0 unspecified atom stereocenters. The molecule has 3 aromatic rings. The van der Waals surface area contributed by atoms with Crippen molar-refractivity contribution in [3.05, 3.63) is 89.7 Å². The second-order valence-electron chi connectivity index (χ2n) is 9.14. The van der Waals surface area contributed by atoms with Crippen LogP contribution >= 0.6 is 0 Å². The van der Waals surface area contributed by atoms with E-state index in [1.54, 1.807) is 24.4 Å². The molecule has 3 N–H and O–H groups in total. The number of fused-ring (bicyclic) bond motifs is 3. The fourth-order valence-corrected chi connectivity index (χ4v) is 4.94. The van der Waals surface area contributed by atoms with Crippen LogP contribution in [0.3, 0.4) is 0 Å². The second kappa shape index (κ2) is 10.9. The largest absolute Gasteiger partial charge is 0.487 e. The van der Waals surface area contributed by atoms with E-state index in [2.05, 4.69) is 15.6 Å². The number of aliphatic hydroxyl groups excluding tert-OH is 1. The van der Waals surface area contributed by atoms with Crippen LogP contribution < -0.4 is 15.4 Å². The van der Waals surface area contributed by atoms with E-state index in [4.69, 9.17) is 9.47 Å². The van der Waals surface area contributed by atoms with Gasteiger partial charge in [0, 0.05) is 36.1 Å². The molecule has 36 heavy (non-hydrogen) atoms. The topological polar surface area (TPSA) is 110 Å². The van der Waals surface area contributed by atoms with E-state index in [-0.39, 0.29) is 43.0 Å². The Balaban J connectivity index is 1.23. The number of nitrogens with one attached hydrogen (secondary N) is 2. The fraction of sp³-hybridized carbons (Fsp3) is 0.321. The number of rotatable bonds is 8. The van der Waals surface area contributed by atoms with Gasteiger partial charge in [-0.25, -0.2) is 0 Å². The van der Waals surface area contributed by atoms with Crippen LogP contribution in [0.25, 0.3) is 0 Å². The highest BCUT2D eigenvalue weighted by molar-refractivity contribution is 6.04. The number of ether oxygens (including phenoxy) is 2. The Labute approximate surface area is 209 Å². The molecule has 4 atom stereocenters. The molecule has 1 fully saturated rings. The molecule has 0 spiro atoms. The van der Waals surface area contributed by atoms with Crippen molar-refractivity contribution < 1.29 is 24.2 Å². The van der Waals surface area contributed by atoms with Crippen molar-refractivity contribution in [2.24, 2.45) is 0 Å². The zero-order chi connectivity index (χ0) is 24.9. The van der Waals surface area contributed by atoms with Gasteiger partial charge in [0.05, 0.1) is 24.7 Å². The summed E-state index contributed by atoms with van der Waals surface area (Å²) in [6.07, 6.45) is 3.47. The summed E-state index contributed by atoms with van der Waals surface area (Å²) in [7, 11) is 0. The van der Waals surface area contributed by atoms with Gasteiger partial charge in [0.15, 0.2) is 0 Å². The summed E-state index contributed by atoms with van der Waals surface area (Å²) in [4.78, 5) is 29.2. The molecule has 3 heterocycles. The van der Waals surface area contributed by atoms with Crippen LogP contribution in [-0.2, 0) is 16.0 Å². The monoisotopic (exact) mass is 487 g/mol. The lowest BCUT2D eigenvalue weighted by atomic mass is 9.84. The lowest BCUT2D eigenvalue weighted by Gasteiger charge is -2.37. The molecule has 8 nitrogen and oxygen atoms in total.